The normalized spacial score (nSPS) is 15.7. The zero-order chi connectivity index (χ0) is 20.6. The summed E-state index contributed by atoms with van der Waals surface area (Å²) in [6, 6.07) is 12.8. The van der Waals surface area contributed by atoms with Crippen molar-refractivity contribution in [1.82, 2.24) is 4.98 Å². The van der Waals surface area contributed by atoms with Crippen LogP contribution in [0.25, 0.3) is 22.0 Å². The number of hydrogen-bond acceptors (Lipinski definition) is 4. The van der Waals surface area contributed by atoms with Gasteiger partial charge in [0.2, 0.25) is 0 Å². The number of aliphatic hydroxyl groups is 1. The summed E-state index contributed by atoms with van der Waals surface area (Å²) in [4.78, 5) is 17.5. The van der Waals surface area contributed by atoms with Crippen LogP contribution >= 0.6 is 0 Å². The van der Waals surface area contributed by atoms with Crippen molar-refractivity contribution in [2.24, 2.45) is 0 Å². The van der Waals surface area contributed by atoms with Crippen molar-refractivity contribution in [2.75, 3.05) is 18.0 Å². The van der Waals surface area contributed by atoms with Crippen molar-refractivity contribution < 1.29 is 23.0 Å². The first-order chi connectivity index (χ1) is 13.8. The van der Waals surface area contributed by atoms with Gasteiger partial charge in [-0.2, -0.15) is 0 Å². The predicted molar refractivity (Wildman–Crippen MR) is 104 cm³/mol. The fourth-order valence-corrected chi connectivity index (χ4v) is 3.62. The Balaban J connectivity index is 1.72. The van der Waals surface area contributed by atoms with E-state index >= 15 is 0 Å². The van der Waals surface area contributed by atoms with Gasteiger partial charge in [-0.1, -0.05) is 18.2 Å². The molecule has 2 heterocycles. The molecule has 0 atom stereocenters. The fraction of sp³-hybridized carbons (Fsp3) is 0.286. The summed E-state index contributed by atoms with van der Waals surface area (Å²) in [6.07, 6.45) is -3.78. The number of pyridine rings is 1. The fourth-order valence-electron chi connectivity index (χ4n) is 3.62. The lowest BCUT2D eigenvalue weighted by molar-refractivity contribution is -0.274. The monoisotopic (exact) mass is 404 g/mol. The molecule has 8 heteroatoms. The first-order valence-corrected chi connectivity index (χ1v) is 9.25. The zero-order valence-electron chi connectivity index (χ0n) is 15.4. The lowest BCUT2D eigenvalue weighted by Crippen LogP contribution is -2.35. The Hall–Kier alpha value is -3.00. The Morgan fingerprint density at radius 3 is 2.52 bits per heavy atom. The maximum Gasteiger partial charge on any atom is 0.573 e. The summed E-state index contributed by atoms with van der Waals surface area (Å²) < 4.78 is 42.2. The van der Waals surface area contributed by atoms with E-state index in [0.29, 0.717) is 36.7 Å². The number of H-pyrrole nitrogens is 1. The highest BCUT2D eigenvalue weighted by atomic mass is 19.4. The van der Waals surface area contributed by atoms with Crippen LogP contribution in [0.4, 0.5) is 18.9 Å². The Morgan fingerprint density at radius 1 is 1.07 bits per heavy atom. The molecule has 152 valence electrons. The minimum atomic E-state index is -4.83. The summed E-state index contributed by atoms with van der Waals surface area (Å²) in [5.74, 6) is -0.376. The van der Waals surface area contributed by atoms with Gasteiger partial charge in [0.15, 0.2) is 0 Å². The third kappa shape index (κ3) is 4.22. The average molecular weight is 404 g/mol. The number of benzene rings is 2. The van der Waals surface area contributed by atoms with Gasteiger partial charge in [-0.25, -0.2) is 0 Å². The van der Waals surface area contributed by atoms with Crippen molar-refractivity contribution in [1.29, 1.82) is 0 Å². The quantitative estimate of drug-likeness (QED) is 0.691. The second-order valence-electron chi connectivity index (χ2n) is 7.05. The number of fused-ring (bicyclic) bond motifs is 1. The standard InChI is InChI=1S/C21H19F3N2O3/c22-21(23,24)29-19-4-2-1-3-16(19)18-11-13-5-6-14(12-17(13)20(28)25-18)26-9-7-15(27)8-10-26/h1-6,11-12,15,27H,7-10H2,(H,25,28). The minimum absolute atomic E-state index is 0.151. The summed E-state index contributed by atoms with van der Waals surface area (Å²) in [7, 11) is 0. The molecule has 2 N–H and O–H groups in total. The molecule has 3 aromatic rings. The Kier molecular flexibility index (Phi) is 4.96. The molecule has 1 aromatic heterocycles. The van der Waals surface area contributed by atoms with Crippen LogP contribution < -0.4 is 15.2 Å². The number of hydrogen-bond donors (Lipinski definition) is 2. The number of aromatic nitrogens is 1. The van der Waals surface area contributed by atoms with Crippen molar-refractivity contribution in [3.8, 4) is 17.0 Å². The number of piperidine rings is 1. The first kappa shape index (κ1) is 19.3. The highest BCUT2D eigenvalue weighted by Gasteiger charge is 2.32. The molecule has 2 aromatic carbocycles. The van der Waals surface area contributed by atoms with E-state index in [-0.39, 0.29) is 23.1 Å². The van der Waals surface area contributed by atoms with Gasteiger partial charge < -0.3 is 19.7 Å². The molecule has 1 aliphatic rings. The van der Waals surface area contributed by atoms with Crippen LogP contribution in [-0.2, 0) is 0 Å². The average Bonchev–Trinajstić information content (AvgIpc) is 2.67. The molecule has 0 radical (unpaired) electrons. The highest BCUT2D eigenvalue weighted by Crippen LogP contribution is 2.33. The van der Waals surface area contributed by atoms with Crippen molar-refractivity contribution in [3.05, 3.63) is 58.9 Å². The van der Waals surface area contributed by atoms with Gasteiger partial charge in [0.05, 0.1) is 11.8 Å². The number of aromatic amines is 1. The van der Waals surface area contributed by atoms with Gasteiger partial charge in [-0.15, -0.1) is 13.2 Å². The molecule has 0 unspecified atom stereocenters. The molecule has 0 bridgehead atoms. The van der Waals surface area contributed by atoms with Crippen LogP contribution in [0, 0.1) is 0 Å². The summed E-state index contributed by atoms with van der Waals surface area (Å²) in [5.41, 5.74) is 0.885. The van der Waals surface area contributed by atoms with Crippen LogP contribution in [0.1, 0.15) is 12.8 Å². The van der Waals surface area contributed by atoms with E-state index in [9.17, 15) is 23.1 Å². The summed E-state index contributed by atoms with van der Waals surface area (Å²) in [6.45, 7) is 1.40. The SMILES string of the molecule is O=c1[nH]c(-c2ccccc2OC(F)(F)F)cc2ccc(N3CCC(O)CC3)cc12. The molecule has 0 saturated carbocycles. The van der Waals surface area contributed by atoms with E-state index in [1.54, 1.807) is 24.3 Å². The van der Waals surface area contributed by atoms with E-state index in [0.717, 1.165) is 5.69 Å². The van der Waals surface area contributed by atoms with Crippen LogP contribution in [0.5, 0.6) is 5.75 Å². The second-order valence-corrected chi connectivity index (χ2v) is 7.05. The van der Waals surface area contributed by atoms with Crippen LogP contribution in [0.2, 0.25) is 0 Å². The number of rotatable bonds is 3. The number of anilines is 1. The number of aliphatic hydroxyl groups excluding tert-OH is 1. The lowest BCUT2D eigenvalue weighted by Gasteiger charge is -2.31. The van der Waals surface area contributed by atoms with Gasteiger partial charge >= 0.3 is 6.36 Å². The maximum atomic E-state index is 12.7. The number of alkyl halides is 3. The Bertz CT molecular complexity index is 1090. The molecule has 5 nitrogen and oxygen atoms in total. The molecule has 0 amide bonds. The number of ether oxygens (including phenoxy) is 1. The van der Waals surface area contributed by atoms with E-state index in [1.165, 1.54) is 18.2 Å². The van der Waals surface area contributed by atoms with Crippen LogP contribution in [0.3, 0.4) is 0 Å². The third-order valence-corrected chi connectivity index (χ3v) is 5.06. The summed E-state index contributed by atoms with van der Waals surface area (Å²) in [5, 5.41) is 10.7. The van der Waals surface area contributed by atoms with Crippen molar-refractivity contribution >= 4 is 16.5 Å². The molecule has 1 fully saturated rings. The van der Waals surface area contributed by atoms with Crippen molar-refractivity contribution in [2.45, 2.75) is 25.3 Å². The molecule has 1 aliphatic heterocycles. The predicted octanol–water partition coefficient (Wildman–Crippen LogP) is 4.05. The van der Waals surface area contributed by atoms with E-state index in [4.69, 9.17) is 0 Å². The van der Waals surface area contributed by atoms with Gasteiger partial charge in [0, 0.05) is 29.7 Å². The summed E-state index contributed by atoms with van der Waals surface area (Å²) >= 11 is 0. The molecule has 0 aliphatic carbocycles. The van der Waals surface area contributed by atoms with E-state index in [1.807, 2.05) is 6.07 Å². The first-order valence-electron chi connectivity index (χ1n) is 9.25. The lowest BCUT2D eigenvalue weighted by atomic mass is 10.0. The van der Waals surface area contributed by atoms with Crippen molar-refractivity contribution in [3.63, 3.8) is 0 Å². The highest BCUT2D eigenvalue weighted by molar-refractivity contribution is 5.88. The second kappa shape index (κ2) is 7.44. The molecule has 1 saturated heterocycles. The van der Waals surface area contributed by atoms with Gasteiger partial charge in [0.25, 0.3) is 5.56 Å². The maximum absolute atomic E-state index is 12.7. The van der Waals surface area contributed by atoms with Crippen LogP contribution in [-0.4, -0.2) is 35.6 Å². The van der Waals surface area contributed by atoms with Crippen LogP contribution in [0.15, 0.2) is 53.3 Å². The Labute approximate surface area is 164 Å². The number of nitrogens with zero attached hydrogens (tertiary/aromatic N) is 1. The largest absolute Gasteiger partial charge is 0.573 e. The smallest absolute Gasteiger partial charge is 0.405 e. The molecular weight excluding hydrogens is 385 g/mol. The molecular formula is C21H19F3N2O3. The molecule has 29 heavy (non-hydrogen) atoms. The number of para-hydroxylation sites is 1. The topological polar surface area (TPSA) is 65.6 Å². The minimum Gasteiger partial charge on any atom is -0.405 e. The van der Waals surface area contributed by atoms with Gasteiger partial charge in [0.1, 0.15) is 5.75 Å². The zero-order valence-corrected chi connectivity index (χ0v) is 15.4. The van der Waals surface area contributed by atoms with Gasteiger partial charge in [-0.05, 0) is 48.6 Å². The molecule has 0 spiro atoms. The number of nitrogens with one attached hydrogen (secondary N) is 1. The number of halogens is 3. The van der Waals surface area contributed by atoms with E-state index in [2.05, 4.69) is 14.6 Å². The van der Waals surface area contributed by atoms with Gasteiger partial charge in [-0.3, -0.25) is 4.79 Å². The third-order valence-electron chi connectivity index (χ3n) is 5.06. The molecule has 4 rings (SSSR count). The van der Waals surface area contributed by atoms with E-state index < -0.39 is 11.9 Å². The Morgan fingerprint density at radius 2 is 1.79 bits per heavy atom.